The van der Waals surface area contributed by atoms with Crippen molar-refractivity contribution in [2.45, 2.75) is 13.3 Å². The average Bonchev–Trinajstić information content (AvgIpc) is 2.20. The van der Waals surface area contributed by atoms with Crippen molar-refractivity contribution in [1.29, 1.82) is 0 Å². The fourth-order valence-electron chi connectivity index (χ4n) is 0.781. The Morgan fingerprint density at radius 1 is 1.38 bits per heavy atom. The second-order valence-electron chi connectivity index (χ2n) is 2.35. The lowest BCUT2D eigenvalue weighted by Crippen LogP contribution is -1.75. The molecule has 0 bridgehead atoms. The van der Waals surface area contributed by atoms with E-state index < -0.39 is 0 Å². The first-order valence-electron chi connectivity index (χ1n) is 4.12. The van der Waals surface area contributed by atoms with Crippen LogP contribution in [0.15, 0.2) is 48.1 Å². The summed E-state index contributed by atoms with van der Waals surface area (Å²) in [6.45, 7) is 5.29. The number of nitrogens with zero attached hydrogens (tertiary/aromatic N) is 1. The van der Waals surface area contributed by atoms with E-state index in [4.69, 9.17) is 5.21 Å². The van der Waals surface area contributed by atoms with Crippen LogP contribution in [0.4, 0.5) is 0 Å². The lowest BCUT2D eigenvalue weighted by atomic mass is 10.2. The summed E-state index contributed by atoms with van der Waals surface area (Å²) in [5.74, 6) is 0. The number of benzene rings is 1. The number of rotatable bonds is 2. The van der Waals surface area contributed by atoms with E-state index in [0.29, 0.717) is 0 Å². The molecular weight excluding hydrogens is 162 g/mol. The molecule has 0 aliphatic rings. The summed E-state index contributed by atoms with van der Waals surface area (Å²) < 4.78 is 0. The molecule has 1 aromatic carbocycles. The van der Waals surface area contributed by atoms with Crippen LogP contribution in [-0.2, 0) is 6.42 Å². The van der Waals surface area contributed by atoms with Crippen molar-refractivity contribution in [2.24, 2.45) is 5.16 Å². The zero-order valence-corrected chi connectivity index (χ0v) is 7.85. The Balaban J connectivity index is 0.000000310. The fraction of sp³-hybridized carbons (Fsp3) is 0.182. The van der Waals surface area contributed by atoms with Gasteiger partial charge in [-0.15, -0.1) is 11.7 Å². The molecule has 0 spiro atoms. The quantitative estimate of drug-likeness (QED) is 0.320. The van der Waals surface area contributed by atoms with Crippen molar-refractivity contribution in [3.63, 3.8) is 0 Å². The highest BCUT2D eigenvalue weighted by Crippen LogP contribution is 1.98. The van der Waals surface area contributed by atoms with Gasteiger partial charge in [-0.25, -0.2) is 0 Å². The molecule has 2 nitrogen and oxygen atoms in total. The van der Waals surface area contributed by atoms with Crippen molar-refractivity contribution in [3.8, 4) is 0 Å². The summed E-state index contributed by atoms with van der Waals surface area (Å²) in [4.78, 5) is 0. The Hall–Kier alpha value is -1.57. The molecule has 0 radical (unpaired) electrons. The zero-order valence-electron chi connectivity index (χ0n) is 7.85. The summed E-state index contributed by atoms with van der Waals surface area (Å²) in [7, 11) is 0. The van der Waals surface area contributed by atoms with Crippen LogP contribution in [-0.4, -0.2) is 11.4 Å². The molecule has 13 heavy (non-hydrogen) atoms. The Morgan fingerprint density at radius 3 is 2.31 bits per heavy atom. The average molecular weight is 177 g/mol. The molecule has 1 rings (SSSR count). The van der Waals surface area contributed by atoms with E-state index >= 15 is 0 Å². The molecule has 0 saturated carbocycles. The third kappa shape index (κ3) is 6.81. The fourth-order valence-corrected chi connectivity index (χ4v) is 0.781. The molecule has 0 amide bonds. The molecular formula is C11H15NO. The topological polar surface area (TPSA) is 32.6 Å². The summed E-state index contributed by atoms with van der Waals surface area (Å²) in [5, 5.41) is 10.1. The van der Waals surface area contributed by atoms with Crippen LogP contribution in [0, 0.1) is 0 Å². The standard InChI is InChI=1S/C9H10.C2H5NO/c1-2-6-9-7-4-3-5-8-9;1-2-3-4/h2-5,7-8H,1,6H2;2,4H,1H3. The number of oxime groups is 1. The van der Waals surface area contributed by atoms with Crippen LogP contribution in [0.2, 0.25) is 0 Å². The van der Waals surface area contributed by atoms with Crippen LogP contribution >= 0.6 is 0 Å². The maximum atomic E-state index is 7.44. The van der Waals surface area contributed by atoms with E-state index in [1.54, 1.807) is 6.92 Å². The monoisotopic (exact) mass is 177 g/mol. The largest absolute Gasteiger partial charge is 0.411 e. The van der Waals surface area contributed by atoms with Crippen molar-refractivity contribution < 1.29 is 5.21 Å². The first-order valence-corrected chi connectivity index (χ1v) is 4.12. The van der Waals surface area contributed by atoms with Gasteiger partial charge < -0.3 is 5.21 Å². The van der Waals surface area contributed by atoms with E-state index in [-0.39, 0.29) is 0 Å². The second-order valence-corrected chi connectivity index (χ2v) is 2.35. The maximum absolute atomic E-state index is 7.44. The summed E-state index contributed by atoms with van der Waals surface area (Å²) in [6, 6.07) is 10.3. The van der Waals surface area contributed by atoms with Gasteiger partial charge in [0.05, 0.1) is 0 Å². The van der Waals surface area contributed by atoms with Crippen LogP contribution in [0.3, 0.4) is 0 Å². The Bertz CT molecular complexity index is 238. The molecule has 0 aromatic heterocycles. The summed E-state index contributed by atoms with van der Waals surface area (Å²) in [6.07, 6.45) is 4.19. The molecule has 0 fully saturated rings. The van der Waals surface area contributed by atoms with Gasteiger partial charge in [0.25, 0.3) is 0 Å². The summed E-state index contributed by atoms with van der Waals surface area (Å²) in [5.41, 5.74) is 1.33. The highest BCUT2D eigenvalue weighted by molar-refractivity contribution is 5.51. The molecule has 0 atom stereocenters. The van der Waals surface area contributed by atoms with Gasteiger partial charge in [0.2, 0.25) is 0 Å². The minimum Gasteiger partial charge on any atom is -0.411 e. The third-order valence-corrected chi connectivity index (χ3v) is 1.34. The SMILES string of the molecule is C=CCc1ccccc1.CC=NO. The van der Waals surface area contributed by atoms with Crippen LogP contribution in [0.25, 0.3) is 0 Å². The molecule has 0 heterocycles. The van der Waals surface area contributed by atoms with E-state index in [9.17, 15) is 0 Å². The lowest BCUT2D eigenvalue weighted by Gasteiger charge is -1.91. The summed E-state index contributed by atoms with van der Waals surface area (Å²) >= 11 is 0. The second kappa shape index (κ2) is 8.53. The van der Waals surface area contributed by atoms with Gasteiger partial charge >= 0.3 is 0 Å². The first kappa shape index (κ1) is 11.4. The van der Waals surface area contributed by atoms with Crippen molar-refractivity contribution in [3.05, 3.63) is 48.6 Å². The first-order chi connectivity index (χ1) is 6.35. The molecule has 2 heteroatoms. The van der Waals surface area contributed by atoms with Gasteiger partial charge in [-0.2, -0.15) is 0 Å². The van der Waals surface area contributed by atoms with Gasteiger partial charge in [0, 0.05) is 6.21 Å². The lowest BCUT2D eigenvalue weighted by molar-refractivity contribution is 0.321. The smallest absolute Gasteiger partial charge is 0.0404 e. The van der Waals surface area contributed by atoms with Gasteiger partial charge in [0.15, 0.2) is 0 Å². The number of hydrogen-bond donors (Lipinski definition) is 1. The molecule has 0 unspecified atom stereocenters. The Kier molecular flexibility index (Phi) is 7.50. The highest BCUT2D eigenvalue weighted by atomic mass is 16.4. The zero-order chi connectivity index (χ0) is 9.94. The molecule has 0 aliphatic heterocycles. The van der Waals surface area contributed by atoms with Crippen molar-refractivity contribution >= 4 is 6.21 Å². The van der Waals surface area contributed by atoms with Gasteiger partial charge in [0.1, 0.15) is 0 Å². The van der Waals surface area contributed by atoms with Crippen LogP contribution in [0.5, 0.6) is 0 Å². The molecule has 70 valence electrons. The number of hydrogen-bond acceptors (Lipinski definition) is 2. The minimum atomic E-state index is 0.973. The van der Waals surface area contributed by atoms with Gasteiger partial charge in [-0.05, 0) is 18.9 Å². The van der Waals surface area contributed by atoms with Gasteiger partial charge in [-0.3, -0.25) is 0 Å². The minimum absolute atomic E-state index is 0.973. The van der Waals surface area contributed by atoms with Crippen molar-refractivity contribution in [1.82, 2.24) is 0 Å². The molecule has 0 aliphatic carbocycles. The third-order valence-electron chi connectivity index (χ3n) is 1.34. The Morgan fingerprint density at radius 2 is 1.92 bits per heavy atom. The highest BCUT2D eigenvalue weighted by Gasteiger charge is 1.82. The predicted octanol–water partition coefficient (Wildman–Crippen LogP) is 2.88. The predicted molar refractivity (Wildman–Crippen MR) is 56.3 cm³/mol. The molecule has 0 saturated heterocycles. The van der Waals surface area contributed by atoms with Crippen molar-refractivity contribution in [2.75, 3.05) is 0 Å². The normalized spacial score (nSPS) is 9.00. The van der Waals surface area contributed by atoms with Crippen LogP contribution in [0.1, 0.15) is 12.5 Å². The van der Waals surface area contributed by atoms with Crippen LogP contribution < -0.4 is 0 Å². The van der Waals surface area contributed by atoms with E-state index in [0.717, 1.165) is 6.42 Å². The number of allylic oxidation sites excluding steroid dienone is 1. The molecule has 1 N–H and O–H groups in total. The van der Waals surface area contributed by atoms with Gasteiger partial charge in [-0.1, -0.05) is 36.4 Å². The molecule has 1 aromatic rings. The van der Waals surface area contributed by atoms with E-state index in [1.165, 1.54) is 11.8 Å². The Labute approximate surface area is 79.2 Å². The van der Waals surface area contributed by atoms with E-state index in [1.807, 2.05) is 24.3 Å². The van der Waals surface area contributed by atoms with E-state index in [2.05, 4.69) is 23.9 Å². The maximum Gasteiger partial charge on any atom is 0.0404 e.